The van der Waals surface area contributed by atoms with E-state index in [1.165, 1.54) is 18.4 Å². The molecular formula is C16H26N2. The van der Waals surface area contributed by atoms with Gasteiger partial charge in [-0.1, -0.05) is 24.3 Å². The number of nitrogens with one attached hydrogen (secondary N) is 1. The summed E-state index contributed by atoms with van der Waals surface area (Å²) in [4.78, 5) is 2.25. The summed E-state index contributed by atoms with van der Waals surface area (Å²) in [7, 11) is 4.27. The fourth-order valence-electron chi connectivity index (χ4n) is 3.06. The van der Waals surface area contributed by atoms with E-state index in [9.17, 15) is 0 Å². The molecule has 2 nitrogen and oxygen atoms in total. The molecule has 1 fully saturated rings. The maximum atomic E-state index is 3.73. The number of rotatable bonds is 5. The third-order valence-corrected chi connectivity index (χ3v) is 3.93. The highest BCUT2D eigenvalue weighted by molar-refractivity contribution is 5.31. The van der Waals surface area contributed by atoms with Crippen molar-refractivity contribution in [3.05, 3.63) is 35.4 Å². The molecule has 18 heavy (non-hydrogen) atoms. The Bertz CT molecular complexity index is 380. The summed E-state index contributed by atoms with van der Waals surface area (Å²) in [5.41, 5.74) is 3.00. The molecule has 0 saturated heterocycles. The molecule has 0 radical (unpaired) electrons. The van der Waals surface area contributed by atoms with E-state index in [-0.39, 0.29) is 0 Å². The second-order valence-electron chi connectivity index (χ2n) is 6.05. The molecule has 100 valence electrons. The maximum absolute atomic E-state index is 3.73. The van der Waals surface area contributed by atoms with E-state index < -0.39 is 0 Å². The van der Waals surface area contributed by atoms with Crippen molar-refractivity contribution in [2.24, 2.45) is 0 Å². The minimum absolute atomic E-state index is 0.586. The molecule has 0 bridgehead atoms. The number of benzene rings is 1. The van der Waals surface area contributed by atoms with E-state index in [0.717, 1.165) is 12.5 Å². The van der Waals surface area contributed by atoms with Gasteiger partial charge in [-0.25, -0.2) is 0 Å². The van der Waals surface area contributed by atoms with Crippen molar-refractivity contribution in [3.63, 3.8) is 0 Å². The van der Waals surface area contributed by atoms with Gasteiger partial charge in [0.2, 0.25) is 0 Å². The molecule has 0 aliphatic heterocycles. The van der Waals surface area contributed by atoms with E-state index in [1.807, 2.05) is 0 Å². The number of aryl methyl sites for hydroxylation is 1. The van der Waals surface area contributed by atoms with Gasteiger partial charge in [0.25, 0.3) is 0 Å². The summed E-state index contributed by atoms with van der Waals surface area (Å²) < 4.78 is 0. The molecule has 1 aliphatic carbocycles. The topological polar surface area (TPSA) is 15.3 Å². The van der Waals surface area contributed by atoms with Gasteiger partial charge < -0.3 is 10.2 Å². The lowest BCUT2D eigenvalue weighted by Crippen LogP contribution is -2.47. The van der Waals surface area contributed by atoms with Crippen LogP contribution in [0.3, 0.4) is 0 Å². The van der Waals surface area contributed by atoms with E-state index in [4.69, 9.17) is 0 Å². The van der Waals surface area contributed by atoms with Crippen LogP contribution in [0.1, 0.15) is 36.8 Å². The van der Waals surface area contributed by atoms with Crippen LogP contribution < -0.4 is 5.32 Å². The quantitative estimate of drug-likeness (QED) is 0.859. The molecular weight excluding hydrogens is 220 g/mol. The van der Waals surface area contributed by atoms with Crippen molar-refractivity contribution in [1.82, 2.24) is 10.2 Å². The van der Waals surface area contributed by atoms with E-state index >= 15 is 0 Å². The first kappa shape index (κ1) is 13.6. The Kier molecular flexibility index (Phi) is 4.41. The van der Waals surface area contributed by atoms with Crippen molar-refractivity contribution in [1.29, 1.82) is 0 Å². The summed E-state index contributed by atoms with van der Waals surface area (Å²) in [6, 6.07) is 10.1. The Hall–Kier alpha value is -0.860. The lowest BCUT2D eigenvalue weighted by Gasteiger charge is -2.39. The standard InChI is InChI=1S/C16H26N2/c1-12-7-5-6-8-16(12)14-9-15(10-14)17-13(2)11-18(3)4/h5-8,13-15,17H,9-11H2,1-4H3. The summed E-state index contributed by atoms with van der Waals surface area (Å²) in [5, 5.41) is 3.73. The molecule has 1 unspecified atom stereocenters. The predicted octanol–water partition coefficient (Wildman–Crippen LogP) is 2.78. The van der Waals surface area contributed by atoms with Gasteiger partial charge in [0.15, 0.2) is 0 Å². The second-order valence-corrected chi connectivity index (χ2v) is 6.05. The summed E-state index contributed by atoms with van der Waals surface area (Å²) >= 11 is 0. The third kappa shape index (κ3) is 3.33. The molecule has 1 aromatic rings. The Morgan fingerprint density at radius 2 is 1.94 bits per heavy atom. The van der Waals surface area contributed by atoms with Crippen LogP contribution >= 0.6 is 0 Å². The summed E-state index contributed by atoms with van der Waals surface area (Å²) in [6.45, 7) is 5.62. The average Bonchev–Trinajstić information content (AvgIpc) is 2.23. The number of hydrogen-bond donors (Lipinski definition) is 1. The number of hydrogen-bond acceptors (Lipinski definition) is 2. The zero-order valence-corrected chi connectivity index (χ0v) is 12.1. The second kappa shape index (κ2) is 5.85. The monoisotopic (exact) mass is 246 g/mol. The molecule has 0 spiro atoms. The highest BCUT2D eigenvalue weighted by Gasteiger charge is 2.31. The molecule has 2 heteroatoms. The SMILES string of the molecule is Cc1ccccc1C1CC(NC(C)CN(C)C)C1. The van der Waals surface area contributed by atoms with Crippen LogP contribution in [0.4, 0.5) is 0 Å². The highest BCUT2D eigenvalue weighted by Crippen LogP contribution is 2.38. The number of nitrogens with zero attached hydrogens (tertiary/aromatic N) is 1. The Morgan fingerprint density at radius 1 is 1.28 bits per heavy atom. The molecule has 1 N–H and O–H groups in total. The fraction of sp³-hybridized carbons (Fsp3) is 0.625. The zero-order chi connectivity index (χ0) is 13.1. The lowest BCUT2D eigenvalue weighted by molar-refractivity contribution is 0.245. The van der Waals surface area contributed by atoms with Gasteiger partial charge in [-0.3, -0.25) is 0 Å². The molecule has 1 saturated carbocycles. The highest BCUT2D eigenvalue weighted by atomic mass is 15.1. The van der Waals surface area contributed by atoms with Crippen LogP contribution in [0, 0.1) is 6.92 Å². The minimum atomic E-state index is 0.586. The van der Waals surface area contributed by atoms with Crippen molar-refractivity contribution >= 4 is 0 Å². The van der Waals surface area contributed by atoms with Gasteiger partial charge in [-0.15, -0.1) is 0 Å². The molecule has 0 amide bonds. The summed E-state index contributed by atoms with van der Waals surface area (Å²) in [6.07, 6.45) is 2.59. The van der Waals surface area contributed by atoms with E-state index in [1.54, 1.807) is 5.56 Å². The van der Waals surface area contributed by atoms with Crippen LogP contribution in [0.15, 0.2) is 24.3 Å². The van der Waals surface area contributed by atoms with Crippen LogP contribution in [-0.4, -0.2) is 37.6 Å². The fourth-order valence-corrected chi connectivity index (χ4v) is 3.06. The maximum Gasteiger partial charge on any atom is 0.0169 e. The van der Waals surface area contributed by atoms with Crippen LogP contribution in [0.5, 0.6) is 0 Å². The van der Waals surface area contributed by atoms with Gasteiger partial charge in [0.05, 0.1) is 0 Å². The van der Waals surface area contributed by atoms with Crippen molar-refractivity contribution in [2.75, 3.05) is 20.6 Å². The van der Waals surface area contributed by atoms with E-state index in [2.05, 4.69) is 62.4 Å². The van der Waals surface area contributed by atoms with Gasteiger partial charge in [-0.05, 0) is 57.8 Å². The zero-order valence-electron chi connectivity index (χ0n) is 12.1. The largest absolute Gasteiger partial charge is 0.310 e. The smallest absolute Gasteiger partial charge is 0.0169 e. The average molecular weight is 246 g/mol. The normalized spacial score (nSPS) is 24.9. The Labute approximate surface area is 111 Å². The Balaban J connectivity index is 1.79. The van der Waals surface area contributed by atoms with Crippen LogP contribution in [0.25, 0.3) is 0 Å². The molecule has 0 heterocycles. The first-order valence-electron chi connectivity index (χ1n) is 7.02. The number of likely N-dealkylation sites (N-methyl/N-ethyl adjacent to an activating group) is 1. The van der Waals surface area contributed by atoms with Gasteiger partial charge in [-0.2, -0.15) is 0 Å². The molecule has 0 aromatic heterocycles. The van der Waals surface area contributed by atoms with Crippen LogP contribution in [-0.2, 0) is 0 Å². The van der Waals surface area contributed by atoms with Crippen molar-refractivity contribution in [3.8, 4) is 0 Å². The van der Waals surface area contributed by atoms with Crippen molar-refractivity contribution in [2.45, 2.75) is 44.7 Å². The first-order chi connectivity index (χ1) is 8.56. The molecule has 2 rings (SSSR count). The molecule has 1 aliphatic rings. The van der Waals surface area contributed by atoms with Crippen molar-refractivity contribution < 1.29 is 0 Å². The van der Waals surface area contributed by atoms with Gasteiger partial charge >= 0.3 is 0 Å². The predicted molar refractivity (Wildman–Crippen MR) is 78.1 cm³/mol. The summed E-state index contributed by atoms with van der Waals surface area (Å²) in [5.74, 6) is 0.773. The molecule has 1 aromatic carbocycles. The Morgan fingerprint density at radius 3 is 2.56 bits per heavy atom. The van der Waals surface area contributed by atoms with Gasteiger partial charge in [0, 0.05) is 18.6 Å². The lowest BCUT2D eigenvalue weighted by atomic mass is 9.74. The van der Waals surface area contributed by atoms with Gasteiger partial charge in [0.1, 0.15) is 0 Å². The van der Waals surface area contributed by atoms with Crippen LogP contribution in [0.2, 0.25) is 0 Å². The third-order valence-electron chi connectivity index (χ3n) is 3.93. The first-order valence-corrected chi connectivity index (χ1v) is 7.02. The van der Waals surface area contributed by atoms with E-state index in [0.29, 0.717) is 12.1 Å². The minimum Gasteiger partial charge on any atom is -0.310 e. The molecule has 1 atom stereocenters.